The maximum Gasteiger partial charge on any atom is 0.254 e. The largest absolute Gasteiger partial charge is 0.333 e. The molecule has 1 amide bonds. The maximum atomic E-state index is 12.8. The molecule has 1 atom stereocenters. The Morgan fingerprint density at radius 1 is 1.23 bits per heavy atom. The van der Waals surface area contributed by atoms with E-state index in [-0.39, 0.29) is 22.3 Å². The number of amides is 1. The number of piperazine rings is 1. The summed E-state index contributed by atoms with van der Waals surface area (Å²) in [6.45, 7) is 5.02. The number of carbonyl (C=O) groups excluding carboxylic acids is 1. The molecule has 0 aliphatic carbocycles. The van der Waals surface area contributed by atoms with Crippen LogP contribution in [0.1, 0.15) is 28.4 Å². The molecule has 0 radical (unpaired) electrons. The van der Waals surface area contributed by atoms with Crippen LogP contribution in [0.2, 0.25) is 10.3 Å². The number of pyridine rings is 1. The molecular formula is C19H18Cl2N4O. The summed E-state index contributed by atoms with van der Waals surface area (Å²) < 4.78 is 0. The summed E-state index contributed by atoms with van der Waals surface area (Å²) in [7, 11) is 0. The molecule has 1 fully saturated rings. The minimum absolute atomic E-state index is 0.0698. The van der Waals surface area contributed by atoms with Gasteiger partial charge in [-0.15, -0.1) is 0 Å². The Bertz CT molecular complexity index is 827. The van der Waals surface area contributed by atoms with Crippen LogP contribution in [0.4, 0.5) is 0 Å². The number of aromatic nitrogens is 1. The van der Waals surface area contributed by atoms with Gasteiger partial charge in [0.1, 0.15) is 10.3 Å². The highest BCUT2D eigenvalue weighted by atomic mass is 35.5. The van der Waals surface area contributed by atoms with Gasteiger partial charge in [0.05, 0.1) is 11.6 Å². The number of carbonyl (C=O) groups is 1. The topological polar surface area (TPSA) is 60.2 Å². The van der Waals surface area contributed by atoms with Crippen molar-refractivity contribution in [2.24, 2.45) is 0 Å². The number of hydrogen-bond acceptors (Lipinski definition) is 4. The first-order valence-electron chi connectivity index (χ1n) is 8.31. The van der Waals surface area contributed by atoms with E-state index in [0.29, 0.717) is 17.7 Å². The van der Waals surface area contributed by atoms with Crippen molar-refractivity contribution in [3.8, 4) is 6.07 Å². The Morgan fingerprint density at radius 2 is 1.88 bits per heavy atom. The molecule has 5 nitrogen and oxygen atoms in total. The second kappa shape index (κ2) is 8.05. The summed E-state index contributed by atoms with van der Waals surface area (Å²) in [4.78, 5) is 20.8. The first kappa shape index (κ1) is 18.7. The molecule has 26 heavy (non-hydrogen) atoms. The van der Waals surface area contributed by atoms with Crippen molar-refractivity contribution in [3.05, 3.63) is 63.4 Å². The SMILES string of the molecule is CC1CN(Cc2ccc(C#N)cc2)CCN1C(=O)c1cc(Cl)nc(Cl)c1. The van der Waals surface area contributed by atoms with Crippen molar-refractivity contribution in [1.29, 1.82) is 5.26 Å². The Kier molecular flexibility index (Phi) is 5.77. The summed E-state index contributed by atoms with van der Waals surface area (Å²) in [5.74, 6) is -0.0817. The predicted octanol–water partition coefficient (Wildman–Crippen LogP) is 3.61. The summed E-state index contributed by atoms with van der Waals surface area (Å²) in [5.41, 5.74) is 2.28. The lowest BCUT2D eigenvalue weighted by Gasteiger charge is -2.40. The number of nitriles is 1. The van der Waals surface area contributed by atoms with E-state index in [9.17, 15) is 4.79 Å². The van der Waals surface area contributed by atoms with Gasteiger partial charge >= 0.3 is 0 Å². The molecule has 1 unspecified atom stereocenters. The van der Waals surface area contributed by atoms with Gasteiger partial charge in [-0.25, -0.2) is 4.98 Å². The van der Waals surface area contributed by atoms with E-state index in [1.54, 1.807) is 12.1 Å². The Labute approximate surface area is 162 Å². The fourth-order valence-electron chi connectivity index (χ4n) is 3.18. The van der Waals surface area contributed by atoms with E-state index in [2.05, 4.69) is 16.0 Å². The summed E-state index contributed by atoms with van der Waals surface area (Å²) >= 11 is 11.8. The fourth-order valence-corrected chi connectivity index (χ4v) is 3.64. The van der Waals surface area contributed by atoms with Crippen molar-refractivity contribution >= 4 is 29.1 Å². The van der Waals surface area contributed by atoms with Crippen LogP contribution in [0.3, 0.4) is 0 Å². The molecule has 1 aromatic carbocycles. The van der Waals surface area contributed by atoms with Crippen LogP contribution in [-0.2, 0) is 6.54 Å². The van der Waals surface area contributed by atoms with Gasteiger partial charge < -0.3 is 4.90 Å². The third-order valence-electron chi connectivity index (χ3n) is 4.47. The Morgan fingerprint density at radius 3 is 2.46 bits per heavy atom. The van der Waals surface area contributed by atoms with Gasteiger partial charge in [0.2, 0.25) is 0 Å². The summed E-state index contributed by atoms with van der Waals surface area (Å²) in [5, 5.41) is 9.31. The minimum atomic E-state index is -0.0817. The fraction of sp³-hybridized carbons (Fsp3) is 0.316. The molecule has 2 heterocycles. The highest BCUT2D eigenvalue weighted by Crippen LogP contribution is 2.20. The van der Waals surface area contributed by atoms with Crippen LogP contribution >= 0.6 is 23.2 Å². The molecule has 2 aromatic rings. The lowest BCUT2D eigenvalue weighted by Crippen LogP contribution is -2.53. The van der Waals surface area contributed by atoms with E-state index in [0.717, 1.165) is 25.2 Å². The molecule has 0 bridgehead atoms. The number of rotatable bonds is 3. The molecule has 1 aliphatic heterocycles. The average molecular weight is 389 g/mol. The predicted molar refractivity (Wildman–Crippen MR) is 101 cm³/mol. The van der Waals surface area contributed by atoms with E-state index >= 15 is 0 Å². The minimum Gasteiger partial charge on any atom is -0.333 e. The van der Waals surface area contributed by atoms with Gasteiger partial charge in [0.15, 0.2) is 0 Å². The third-order valence-corrected chi connectivity index (χ3v) is 4.86. The summed E-state index contributed by atoms with van der Waals surface area (Å²) in [6, 6.07) is 12.9. The third kappa shape index (κ3) is 4.34. The van der Waals surface area contributed by atoms with Gasteiger partial charge in [0.25, 0.3) is 5.91 Å². The Balaban J connectivity index is 1.64. The van der Waals surface area contributed by atoms with E-state index in [1.807, 2.05) is 36.1 Å². The molecule has 1 saturated heterocycles. The zero-order valence-electron chi connectivity index (χ0n) is 14.3. The van der Waals surface area contributed by atoms with Gasteiger partial charge in [0, 0.05) is 37.8 Å². The molecule has 0 N–H and O–H groups in total. The number of nitrogens with zero attached hydrogens (tertiary/aromatic N) is 4. The smallest absolute Gasteiger partial charge is 0.254 e. The van der Waals surface area contributed by atoms with Crippen LogP contribution in [0.5, 0.6) is 0 Å². The highest BCUT2D eigenvalue weighted by Gasteiger charge is 2.28. The van der Waals surface area contributed by atoms with Crippen molar-refractivity contribution in [1.82, 2.24) is 14.8 Å². The van der Waals surface area contributed by atoms with Crippen molar-refractivity contribution in [2.45, 2.75) is 19.5 Å². The molecule has 3 rings (SSSR count). The highest BCUT2D eigenvalue weighted by molar-refractivity contribution is 6.33. The van der Waals surface area contributed by atoms with Crippen LogP contribution in [-0.4, -0.2) is 46.4 Å². The van der Waals surface area contributed by atoms with Crippen LogP contribution in [0, 0.1) is 11.3 Å². The Hall–Kier alpha value is -2.13. The zero-order chi connectivity index (χ0) is 18.7. The summed E-state index contributed by atoms with van der Waals surface area (Å²) in [6.07, 6.45) is 0. The van der Waals surface area contributed by atoms with Crippen molar-refractivity contribution in [2.75, 3.05) is 19.6 Å². The average Bonchev–Trinajstić information content (AvgIpc) is 2.61. The van der Waals surface area contributed by atoms with Crippen molar-refractivity contribution < 1.29 is 4.79 Å². The second-order valence-electron chi connectivity index (χ2n) is 6.39. The first-order chi connectivity index (χ1) is 12.5. The van der Waals surface area contributed by atoms with Crippen LogP contribution in [0.25, 0.3) is 0 Å². The van der Waals surface area contributed by atoms with Gasteiger partial charge in [-0.2, -0.15) is 5.26 Å². The quantitative estimate of drug-likeness (QED) is 0.753. The first-order valence-corrected chi connectivity index (χ1v) is 9.07. The van der Waals surface area contributed by atoms with Gasteiger partial charge in [-0.1, -0.05) is 35.3 Å². The standard InChI is InChI=1S/C19H18Cl2N4O/c1-13-11-24(12-15-4-2-14(10-22)3-5-15)6-7-25(13)19(26)16-8-17(20)23-18(21)9-16/h2-5,8-9,13H,6-7,11-12H2,1H3. The maximum absolute atomic E-state index is 12.8. The molecule has 1 aliphatic rings. The number of halogens is 2. The van der Waals surface area contributed by atoms with Gasteiger partial charge in [-0.3, -0.25) is 9.69 Å². The zero-order valence-corrected chi connectivity index (χ0v) is 15.8. The molecule has 1 aromatic heterocycles. The second-order valence-corrected chi connectivity index (χ2v) is 7.17. The lowest BCUT2D eigenvalue weighted by molar-refractivity contribution is 0.0475. The number of benzene rings is 1. The van der Waals surface area contributed by atoms with E-state index in [4.69, 9.17) is 28.5 Å². The molecule has 134 valence electrons. The molecule has 7 heteroatoms. The van der Waals surface area contributed by atoms with Crippen LogP contribution in [0.15, 0.2) is 36.4 Å². The van der Waals surface area contributed by atoms with Gasteiger partial charge in [-0.05, 0) is 36.8 Å². The molecular weight excluding hydrogens is 371 g/mol. The van der Waals surface area contributed by atoms with E-state index in [1.165, 1.54) is 0 Å². The molecule has 0 spiro atoms. The monoisotopic (exact) mass is 388 g/mol. The number of hydrogen-bond donors (Lipinski definition) is 0. The van der Waals surface area contributed by atoms with Crippen molar-refractivity contribution in [3.63, 3.8) is 0 Å². The normalized spacial score (nSPS) is 17.8. The van der Waals surface area contributed by atoms with Crippen LogP contribution < -0.4 is 0 Å². The molecule has 0 saturated carbocycles. The van der Waals surface area contributed by atoms with E-state index < -0.39 is 0 Å². The lowest BCUT2D eigenvalue weighted by atomic mass is 10.1.